The first kappa shape index (κ1) is 16.1. The van der Waals surface area contributed by atoms with E-state index in [-0.39, 0.29) is 18.0 Å². The molecule has 0 aliphatic carbocycles. The van der Waals surface area contributed by atoms with Gasteiger partial charge in [0.2, 0.25) is 5.91 Å². The second-order valence-corrected chi connectivity index (χ2v) is 4.68. The maximum Gasteiger partial charge on any atom is 0.251 e. The summed E-state index contributed by atoms with van der Waals surface area (Å²) >= 11 is 0. The molecule has 0 bridgehead atoms. The van der Waals surface area contributed by atoms with Crippen molar-refractivity contribution >= 4 is 11.8 Å². The molecule has 1 aromatic rings. The quantitative estimate of drug-likeness (QED) is 0.803. The van der Waals surface area contributed by atoms with Crippen LogP contribution in [0.4, 0.5) is 4.39 Å². The second kappa shape index (κ2) is 8.30. The summed E-state index contributed by atoms with van der Waals surface area (Å²) in [6.07, 6.45) is 2.01. The van der Waals surface area contributed by atoms with Crippen LogP contribution in [-0.4, -0.2) is 24.9 Å². The van der Waals surface area contributed by atoms with E-state index in [2.05, 4.69) is 24.5 Å². The molecule has 5 heteroatoms. The lowest BCUT2D eigenvalue weighted by molar-refractivity contribution is -0.120. The summed E-state index contributed by atoms with van der Waals surface area (Å²) in [4.78, 5) is 23.3. The molecule has 2 amide bonds. The van der Waals surface area contributed by atoms with Crippen molar-refractivity contribution in [1.29, 1.82) is 0 Å². The first-order valence-corrected chi connectivity index (χ1v) is 6.87. The molecule has 2 N–H and O–H groups in total. The molecule has 1 rings (SSSR count). The summed E-state index contributed by atoms with van der Waals surface area (Å²) < 4.78 is 13.0. The lowest BCUT2D eigenvalue weighted by Gasteiger charge is -2.13. The summed E-state index contributed by atoms with van der Waals surface area (Å²) in [5.41, 5.74) is 0.206. The van der Waals surface area contributed by atoms with Gasteiger partial charge in [-0.3, -0.25) is 9.59 Å². The lowest BCUT2D eigenvalue weighted by atomic mass is 10.0. The normalized spacial score (nSPS) is 10.4. The maximum atomic E-state index is 13.0. The zero-order valence-corrected chi connectivity index (χ0v) is 11.9. The molecule has 0 fully saturated rings. The molecule has 0 radical (unpaired) electrons. The zero-order chi connectivity index (χ0) is 15.0. The molecule has 4 nitrogen and oxygen atoms in total. The number of hydrogen-bond acceptors (Lipinski definition) is 2. The van der Waals surface area contributed by atoms with Gasteiger partial charge < -0.3 is 10.6 Å². The molecular weight excluding hydrogens is 259 g/mol. The Balaban J connectivity index is 2.35. The molecule has 0 aromatic heterocycles. The predicted octanol–water partition coefficient (Wildman–Crippen LogP) is 2.11. The molecule has 0 saturated heterocycles. The van der Waals surface area contributed by atoms with Gasteiger partial charge in [0, 0.05) is 12.1 Å². The molecule has 0 heterocycles. The number of nitrogens with one attached hydrogen (secondary N) is 2. The van der Waals surface area contributed by atoms with Gasteiger partial charge in [0.25, 0.3) is 5.91 Å². The first-order valence-electron chi connectivity index (χ1n) is 6.87. The Bertz CT molecular complexity index is 459. The van der Waals surface area contributed by atoms with E-state index in [0.717, 1.165) is 18.9 Å². The van der Waals surface area contributed by atoms with Crippen molar-refractivity contribution in [2.75, 3.05) is 13.1 Å². The number of hydrogen-bond donors (Lipinski definition) is 2. The van der Waals surface area contributed by atoms with Gasteiger partial charge in [-0.15, -0.1) is 0 Å². The topological polar surface area (TPSA) is 58.2 Å². The van der Waals surface area contributed by atoms with Crippen LogP contribution < -0.4 is 10.6 Å². The molecule has 0 unspecified atom stereocenters. The van der Waals surface area contributed by atoms with Gasteiger partial charge in [-0.25, -0.2) is 4.39 Å². The Kier molecular flexibility index (Phi) is 6.70. The summed E-state index contributed by atoms with van der Waals surface area (Å²) in [5, 5.41) is 5.24. The summed E-state index contributed by atoms with van der Waals surface area (Å²) in [7, 11) is 0. The van der Waals surface area contributed by atoms with Crippen LogP contribution in [0.5, 0.6) is 0 Å². The van der Waals surface area contributed by atoms with E-state index >= 15 is 0 Å². The van der Waals surface area contributed by atoms with E-state index in [4.69, 9.17) is 0 Å². The third-order valence-electron chi connectivity index (χ3n) is 3.24. The molecule has 110 valence electrons. The SMILES string of the molecule is CCC(CC)CNC(=O)CNC(=O)c1cccc(F)c1. The molecule has 0 aliphatic rings. The van der Waals surface area contributed by atoms with Crippen molar-refractivity contribution in [1.82, 2.24) is 10.6 Å². The van der Waals surface area contributed by atoms with E-state index in [9.17, 15) is 14.0 Å². The molecule has 0 atom stereocenters. The van der Waals surface area contributed by atoms with Crippen LogP contribution in [-0.2, 0) is 4.79 Å². The standard InChI is InChI=1S/C15H21FN2O2/c1-3-11(4-2)9-17-14(19)10-18-15(20)12-6-5-7-13(16)8-12/h5-8,11H,3-4,9-10H2,1-2H3,(H,17,19)(H,18,20). The van der Waals surface area contributed by atoms with E-state index in [1.54, 1.807) is 0 Å². The van der Waals surface area contributed by atoms with Crippen molar-refractivity contribution in [3.05, 3.63) is 35.6 Å². The van der Waals surface area contributed by atoms with Crippen LogP contribution in [0.1, 0.15) is 37.0 Å². The molecule has 0 aliphatic heterocycles. The average Bonchev–Trinajstić information content (AvgIpc) is 2.45. The molecule has 0 saturated carbocycles. The minimum atomic E-state index is -0.476. The smallest absolute Gasteiger partial charge is 0.251 e. The Hall–Kier alpha value is -1.91. The number of halogens is 1. The van der Waals surface area contributed by atoms with Gasteiger partial charge in [-0.05, 0) is 24.1 Å². The van der Waals surface area contributed by atoms with E-state index in [1.807, 2.05) is 0 Å². The number of carbonyl (C=O) groups excluding carboxylic acids is 2. The highest BCUT2D eigenvalue weighted by molar-refractivity contribution is 5.96. The van der Waals surface area contributed by atoms with Gasteiger partial charge >= 0.3 is 0 Å². The Labute approximate surface area is 118 Å². The number of rotatable bonds is 7. The minimum Gasteiger partial charge on any atom is -0.354 e. The van der Waals surface area contributed by atoms with E-state index in [1.165, 1.54) is 18.2 Å². The van der Waals surface area contributed by atoms with Gasteiger partial charge in [0.05, 0.1) is 6.54 Å². The highest BCUT2D eigenvalue weighted by atomic mass is 19.1. The Morgan fingerprint density at radius 3 is 2.50 bits per heavy atom. The fourth-order valence-corrected chi connectivity index (χ4v) is 1.79. The van der Waals surface area contributed by atoms with Crippen LogP contribution in [0, 0.1) is 11.7 Å². The van der Waals surface area contributed by atoms with Gasteiger partial charge in [-0.2, -0.15) is 0 Å². The third kappa shape index (κ3) is 5.38. The fourth-order valence-electron chi connectivity index (χ4n) is 1.79. The predicted molar refractivity (Wildman–Crippen MR) is 75.8 cm³/mol. The molecule has 1 aromatic carbocycles. The van der Waals surface area contributed by atoms with Crippen LogP contribution in [0.3, 0.4) is 0 Å². The Morgan fingerprint density at radius 1 is 1.20 bits per heavy atom. The summed E-state index contributed by atoms with van der Waals surface area (Å²) in [6, 6.07) is 5.36. The lowest BCUT2D eigenvalue weighted by Crippen LogP contribution is -2.38. The number of amides is 2. The van der Waals surface area contributed by atoms with E-state index < -0.39 is 11.7 Å². The fraction of sp³-hybridized carbons (Fsp3) is 0.467. The molecule has 0 spiro atoms. The van der Waals surface area contributed by atoms with Gasteiger partial charge in [0.1, 0.15) is 5.82 Å². The highest BCUT2D eigenvalue weighted by Gasteiger charge is 2.10. The second-order valence-electron chi connectivity index (χ2n) is 4.68. The van der Waals surface area contributed by atoms with Crippen LogP contribution >= 0.6 is 0 Å². The maximum absolute atomic E-state index is 13.0. The zero-order valence-electron chi connectivity index (χ0n) is 11.9. The largest absolute Gasteiger partial charge is 0.354 e. The van der Waals surface area contributed by atoms with Crippen LogP contribution in [0.15, 0.2) is 24.3 Å². The average molecular weight is 280 g/mol. The summed E-state index contributed by atoms with van der Waals surface area (Å²) in [6.45, 7) is 4.66. The van der Waals surface area contributed by atoms with Crippen molar-refractivity contribution in [2.45, 2.75) is 26.7 Å². The van der Waals surface area contributed by atoms with Crippen molar-refractivity contribution in [2.24, 2.45) is 5.92 Å². The van der Waals surface area contributed by atoms with Gasteiger partial charge in [-0.1, -0.05) is 32.8 Å². The van der Waals surface area contributed by atoms with Crippen molar-refractivity contribution in [3.63, 3.8) is 0 Å². The molecular formula is C15H21FN2O2. The van der Waals surface area contributed by atoms with E-state index in [0.29, 0.717) is 12.5 Å². The third-order valence-corrected chi connectivity index (χ3v) is 3.24. The number of benzene rings is 1. The minimum absolute atomic E-state index is 0.102. The van der Waals surface area contributed by atoms with Crippen molar-refractivity contribution < 1.29 is 14.0 Å². The first-order chi connectivity index (χ1) is 9.56. The van der Waals surface area contributed by atoms with Crippen LogP contribution in [0.2, 0.25) is 0 Å². The Morgan fingerprint density at radius 2 is 1.90 bits per heavy atom. The summed E-state index contributed by atoms with van der Waals surface area (Å²) in [5.74, 6) is -0.711. The molecule has 20 heavy (non-hydrogen) atoms. The highest BCUT2D eigenvalue weighted by Crippen LogP contribution is 2.05. The van der Waals surface area contributed by atoms with Crippen molar-refractivity contribution in [3.8, 4) is 0 Å². The van der Waals surface area contributed by atoms with Crippen LogP contribution in [0.25, 0.3) is 0 Å². The monoisotopic (exact) mass is 280 g/mol. The van der Waals surface area contributed by atoms with Gasteiger partial charge in [0.15, 0.2) is 0 Å². The number of carbonyl (C=O) groups is 2.